The van der Waals surface area contributed by atoms with Gasteiger partial charge in [0.05, 0.1) is 6.61 Å². The van der Waals surface area contributed by atoms with E-state index < -0.39 is 12.9 Å². The molecule has 0 rings (SSSR count). The lowest BCUT2D eigenvalue weighted by molar-refractivity contribution is 0.155. The average Bonchev–Trinajstić information content (AvgIpc) is 1.84. The molecule has 0 fully saturated rings. The summed E-state index contributed by atoms with van der Waals surface area (Å²) in [6.45, 7) is -0.756. The molecule has 15 heavy (non-hydrogen) atoms. The van der Waals surface area contributed by atoms with Crippen molar-refractivity contribution in [2.75, 3.05) is 13.2 Å². The van der Waals surface area contributed by atoms with Crippen LogP contribution >= 0.6 is 6.72 Å². The number of nitrogens with two attached hydrogens (primary N) is 2. The molecule has 8 nitrogen and oxygen atoms in total. The van der Waals surface area contributed by atoms with E-state index in [2.05, 4.69) is 11.8 Å². The minimum absolute atomic E-state index is 0. The normalized spacial score (nSPS) is 14.9. The smallest absolute Gasteiger partial charge is 0.326 e. The van der Waals surface area contributed by atoms with Crippen LogP contribution in [0.2, 0.25) is 0 Å². The first-order chi connectivity index (χ1) is 5.48. The Morgan fingerprint density at radius 3 is 2.20 bits per heavy atom. The number of rotatable bonds is 6. The van der Waals surface area contributed by atoms with Crippen LogP contribution in [0.4, 0.5) is 0 Å². The van der Waals surface area contributed by atoms with Gasteiger partial charge in [-0.05, 0) is 31.7 Å². The van der Waals surface area contributed by atoms with Gasteiger partial charge in [-0.25, -0.2) is 0 Å². The summed E-state index contributed by atoms with van der Waals surface area (Å²) in [6.07, 6.45) is 0.0278. The van der Waals surface area contributed by atoms with E-state index in [0.29, 0.717) is 19.6 Å². The maximum absolute atomic E-state index is 9.27. The van der Waals surface area contributed by atoms with Crippen LogP contribution in [-0.2, 0) is 20.9 Å². The Morgan fingerprint density at radius 1 is 1.40 bits per heavy atom. The largest absolute Gasteiger partial charge is 0.412 e. The second kappa shape index (κ2) is 12.4. The van der Waals surface area contributed by atoms with Crippen LogP contribution in [0.15, 0.2) is 0 Å². The lowest BCUT2D eigenvalue weighted by Crippen LogP contribution is -2.18. The number of hydrogen-bond donors (Lipinski definition) is 3. The lowest BCUT2D eigenvalue weighted by Gasteiger charge is -2.17. The first-order valence-corrected chi connectivity index (χ1v) is 6.18. The molecule has 98 valence electrons. The fourth-order valence-corrected chi connectivity index (χ4v) is 1.98. The van der Waals surface area contributed by atoms with Crippen molar-refractivity contribution in [2.45, 2.75) is 19.6 Å². The molecule has 0 spiro atoms. The summed E-state index contributed by atoms with van der Waals surface area (Å²) in [7, 11) is 0. The van der Waals surface area contributed by atoms with Crippen molar-refractivity contribution in [2.24, 2.45) is 11.5 Å². The summed E-state index contributed by atoms with van der Waals surface area (Å²) < 4.78 is 9.66. The minimum Gasteiger partial charge on any atom is -0.412 e. The van der Waals surface area contributed by atoms with E-state index >= 15 is 0 Å². The summed E-state index contributed by atoms with van der Waals surface area (Å²) in [4.78, 5) is 9.27. The summed E-state index contributed by atoms with van der Waals surface area (Å²) in [5.74, 6) is 0. The zero-order valence-corrected chi connectivity index (χ0v) is 10.2. The van der Waals surface area contributed by atoms with E-state index in [0.717, 1.165) is 0 Å². The molecular weight excluding hydrogens is 247 g/mol. The van der Waals surface area contributed by atoms with Crippen molar-refractivity contribution in [3.63, 3.8) is 0 Å². The Bertz CT molecular complexity index is 172. The van der Waals surface area contributed by atoms with Crippen LogP contribution in [0.5, 0.6) is 0 Å². The second-order valence-corrected chi connectivity index (χ2v) is 5.04. The van der Waals surface area contributed by atoms with E-state index in [4.69, 9.17) is 20.5 Å². The highest BCUT2D eigenvalue weighted by molar-refractivity contribution is 8.07. The van der Waals surface area contributed by atoms with E-state index in [-0.39, 0.29) is 16.4 Å². The molecule has 0 saturated carbocycles. The molecule has 0 radical (unpaired) electrons. The van der Waals surface area contributed by atoms with Gasteiger partial charge in [0.2, 0.25) is 0 Å². The van der Waals surface area contributed by atoms with Crippen LogP contribution in [0.1, 0.15) is 13.3 Å². The average molecular weight is 268 g/mol. The van der Waals surface area contributed by atoms with Gasteiger partial charge in [-0.2, -0.15) is 0 Å². The zero-order valence-electron chi connectivity index (χ0n) is 8.47. The third-order valence-corrected chi connectivity index (χ3v) is 2.58. The standard InChI is InChI=1S/C5H15N2O3PS.3H2O/c1-5(7)10-11(8,12)9-4-2-3-6;;;/h5H,2-4,6-7H2,1H3,(H,8,12);3*1H2. The Hall–Kier alpha value is 0.330. The van der Waals surface area contributed by atoms with Crippen molar-refractivity contribution in [3.05, 3.63) is 0 Å². The van der Waals surface area contributed by atoms with Crippen molar-refractivity contribution in [1.29, 1.82) is 0 Å². The van der Waals surface area contributed by atoms with Gasteiger partial charge in [0, 0.05) is 0 Å². The van der Waals surface area contributed by atoms with Gasteiger partial charge in [-0.1, -0.05) is 0 Å². The van der Waals surface area contributed by atoms with Gasteiger partial charge in [-0.3, -0.25) is 4.52 Å². The quantitative estimate of drug-likeness (QED) is 0.269. The highest BCUT2D eigenvalue weighted by atomic mass is 32.5. The molecule has 11 N–H and O–H groups in total. The first kappa shape index (κ1) is 24.5. The van der Waals surface area contributed by atoms with Gasteiger partial charge >= 0.3 is 6.72 Å². The molecule has 0 aliphatic carbocycles. The van der Waals surface area contributed by atoms with E-state index in [1.54, 1.807) is 6.92 Å². The van der Waals surface area contributed by atoms with Crippen molar-refractivity contribution < 1.29 is 30.4 Å². The van der Waals surface area contributed by atoms with E-state index in [1.807, 2.05) is 0 Å². The molecular formula is C5H21N2O6PS. The Kier molecular flexibility index (Phi) is 20.3. The minimum atomic E-state index is -3.13. The summed E-state index contributed by atoms with van der Waals surface area (Å²) in [6, 6.07) is 0. The number of hydrogen-bond acceptors (Lipinski definition) is 5. The fourth-order valence-electron chi connectivity index (χ4n) is 0.504. The molecule has 10 heteroatoms. The van der Waals surface area contributed by atoms with Gasteiger partial charge in [0.25, 0.3) is 0 Å². The third-order valence-electron chi connectivity index (χ3n) is 0.902. The molecule has 0 heterocycles. The van der Waals surface area contributed by atoms with Crippen LogP contribution in [0, 0.1) is 0 Å². The SMILES string of the molecule is CC(N)OP(O)(=S)OCCCN.O.O.O. The van der Waals surface area contributed by atoms with Gasteiger partial charge in [0.1, 0.15) is 6.23 Å². The summed E-state index contributed by atoms with van der Waals surface area (Å²) in [5, 5.41) is 0. The van der Waals surface area contributed by atoms with Crippen molar-refractivity contribution >= 4 is 18.5 Å². The maximum Gasteiger partial charge on any atom is 0.326 e. The molecule has 0 aromatic heterocycles. The molecule has 0 bridgehead atoms. The molecule has 0 saturated heterocycles. The molecule has 2 unspecified atom stereocenters. The maximum atomic E-state index is 9.27. The predicted octanol–water partition coefficient (Wildman–Crippen LogP) is -2.58. The zero-order chi connectivity index (χ0) is 9.61. The molecule has 0 aromatic carbocycles. The molecule has 0 aliphatic heterocycles. The van der Waals surface area contributed by atoms with Gasteiger partial charge in [0.15, 0.2) is 0 Å². The Balaban J connectivity index is -0.000000202. The van der Waals surface area contributed by atoms with Gasteiger partial charge < -0.3 is 37.3 Å². The van der Waals surface area contributed by atoms with Gasteiger partial charge in [-0.15, -0.1) is 0 Å². The molecule has 0 aromatic rings. The second-order valence-electron chi connectivity index (χ2n) is 2.25. The molecule has 0 aliphatic rings. The van der Waals surface area contributed by atoms with E-state index in [9.17, 15) is 4.89 Å². The van der Waals surface area contributed by atoms with Crippen LogP contribution in [-0.4, -0.2) is 40.7 Å². The third kappa shape index (κ3) is 17.0. The summed E-state index contributed by atoms with van der Waals surface area (Å²) >= 11 is 4.63. The Morgan fingerprint density at radius 2 is 1.87 bits per heavy atom. The topological polar surface area (TPSA) is 185 Å². The lowest BCUT2D eigenvalue weighted by atomic mass is 10.5. The van der Waals surface area contributed by atoms with Crippen LogP contribution in [0.25, 0.3) is 0 Å². The highest BCUT2D eigenvalue weighted by Crippen LogP contribution is 2.44. The van der Waals surface area contributed by atoms with E-state index in [1.165, 1.54) is 0 Å². The van der Waals surface area contributed by atoms with Crippen molar-refractivity contribution in [3.8, 4) is 0 Å². The van der Waals surface area contributed by atoms with Crippen LogP contribution < -0.4 is 11.5 Å². The first-order valence-electron chi connectivity index (χ1n) is 3.59. The Labute approximate surface area is 93.7 Å². The molecule has 2 atom stereocenters. The summed E-state index contributed by atoms with van der Waals surface area (Å²) in [5.41, 5.74) is 10.5. The molecule has 0 amide bonds. The fraction of sp³-hybridized carbons (Fsp3) is 1.00. The highest BCUT2D eigenvalue weighted by Gasteiger charge is 2.16. The predicted molar refractivity (Wildman–Crippen MR) is 61.7 cm³/mol. The monoisotopic (exact) mass is 268 g/mol. The van der Waals surface area contributed by atoms with Crippen LogP contribution in [0.3, 0.4) is 0 Å². The van der Waals surface area contributed by atoms with Crippen molar-refractivity contribution in [1.82, 2.24) is 0 Å².